The van der Waals surface area contributed by atoms with E-state index in [0.29, 0.717) is 24.5 Å². The Hall–Kier alpha value is -2.51. The van der Waals surface area contributed by atoms with Crippen LogP contribution < -0.4 is 9.47 Å². The zero-order valence-corrected chi connectivity index (χ0v) is 15.8. The summed E-state index contributed by atoms with van der Waals surface area (Å²) in [5.41, 5.74) is 2.13. The Kier molecular flexibility index (Phi) is 5.20. The molecule has 3 rings (SSSR count). The molecule has 0 bridgehead atoms. The van der Waals surface area contributed by atoms with Crippen LogP contribution in [0, 0.1) is 0 Å². The van der Waals surface area contributed by atoms with E-state index in [4.69, 9.17) is 9.47 Å². The SMILES string of the molecule is COc1ccc(OC)c(S(=O)(=O)N(C)CCc2c[nH]c3ccccc23)c1. The number of aromatic nitrogens is 1. The number of nitrogens with one attached hydrogen (secondary N) is 1. The van der Waals surface area contributed by atoms with Crippen LogP contribution in [-0.4, -0.2) is 45.5 Å². The van der Waals surface area contributed by atoms with E-state index in [2.05, 4.69) is 4.98 Å². The number of H-pyrrole nitrogens is 1. The van der Waals surface area contributed by atoms with E-state index in [-0.39, 0.29) is 4.90 Å². The molecule has 7 heteroatoms. The van der Waals surface area contributed by atoms with Gasteiger partial charge in [-0.25, -0.2) is 12.7 Å². The minimum absolute atomic E-state index is 0.0979. The first-order valence-corrected chi connectivity index (χ1v) is 9.64. The number of para-hydroxylation sites is 1. The van der Waals surface area contributed by atoms with Crippen LogP contribution >= 0.6 is 0 Å². The minimum atomic E-state index is -3.70. The number of rotatable bonds is 7. The lowest BCUT2D eigenvalue weighted by Crippen LogP contribution is -2.29. The van der Waals surface area contributed by atoms with Crippen LogP contribution in [0.2, 0.25) is 0 Å². The molecule has 0 fully saturated rings. The van der Waals surface area contributed by atoms with Crippen LogP contribution in [0.1, 0.15) is 5.56 Å². The lowest BCUT2D eigenvalue weighted by Gasteiger charge is -2.19. The van der Waals surface area contributed by atoms with Gasteiger partial charge in [-0.3, -0.25) is 0 Å². The largest absolute Gasteiger partial charge is 0.497 e. The first-order chi connectivity index (χ1) is 12.5. The van der Waals surface area contributed by atoms with Crippen LogP contribution in [-0.2, 0) is 16.4 Å². The van der Waals surface area contributed by atoms with E-state index < -0.39 is 10.0 Å². The van der Waals surface area contributed by atoms with E-state index in [9.17, 15) is 8.42 Å². The molecule has 0 saturated heterocycles. The fraction of sp³-hybridized carbons (Fsp3) is 0.263. The molecule has 0 atom stereocenters. The summed E-state index contributed by atoms with van der Waals surface area (Å²) >= 11 is 0. The van der Waals surface area contributed by atoms with Crippen LogP contribution in [0.15, 0.2) is 53.6 Å². The van der Waals surface area contributed by atoms with Gasteiger partial charge in [-0.15, -0.1) is 0 Å². The molecule has 26 heavy (non-hydrogen) atoms. The lowest BCUT2D eigenvalue weighted by molar-refractivity contribution is 0.388. The third-order valence-electron chi connectivity index (χ3n) is 4.43. The highest BCUT2D eigenvalue weighted by Crippen LogP contribution is 2.30. The zero-order valence-electron chi connectivity index (χ0n) is 15.0. The zero-order chi connectivity index (χ0) is 18.7. The van der Waals surface area contributed by atoms with Gasteiger partial charge in [-0.2, -0.15) is 0 Å². The molecule has 0 aliphatic heterocycles. The predicted octanol–water partition coefficient (Wildman–Crippen LogP) is 3.05. The number of benzene rings is 2. The fourth-order valence-electron chi connectivity index (χ4n) is 2.89. The summed E-state index contributed by atoms with van der Waals surface area (Å²) in [4.78, 5) is 3.31. The topological polar surface area (TPSA) is 71.6 Å². The molecule has 1 N–H and O–H groups in total. The molecular formula is C19H22N2O4S. The molecule has 0 aliphatic rings. The molecule has 138 valence electrons. The van der Waals surface area contributed by atoms with Crippen molar-refractivity contribution in [3.63, 3.8) is 0 Å². The highest BCUT2D eigenvalue weighted by molar-refractivity contribution is 7.89. The van der Waals surface area contributed by atoms with Gasteiger partial charge in [0.2, 0.25) is 10.0 Å². The van der Waals surface area contributed by atoms with Crippen molar-refractivity contribution in [2.75, 3.05) is 27.8 Å². The molecule has 0 saturated carbocycles. The summed E-state index contributed by atoms with van der Waals surface area (Å²) in [7, 11) is 0.820. The monoisotopic (exact) mass is 374 g/mol. The number of hydrogen-bond donors (Lipinski definition) is 1. The maximum absolute atomic E-state index is 13.0. The van der Waals surface area contributed by atoms with Crippen LogP contribution in [0.4, 0.5) is 0 Å². The van der Waals surface area contributed by atoms with Crippen LogP contribution in [0.3, 0.4) is 0 Å². The fourth-order valence-corrected chi connectivity index (χ4v) is 4.23. The number of methoxy groups -OCH3 is 2. The van der Waals surface area contributed by atoms with Crippen molar-refractivity contribution in [3.05, 3.63) is 54.2 Å². The molecule has 0 aliphatic carbocycles. The second kappa shape index (κ2) is 7.39. The molecule has 1 heterocycles. The van der Waals surface area contributed by atoms with Gasteiger partial charge >= 0.3 is 0 Å². The van der Waals surface area contributed by atoms with E-state index in [1.165, 1.54) is 24.6 Å². The summed E-state index contributed by atoms with van der Waals surface area (Å²) < 4.78 is 37.7. The number of likely N-dealkylation sites (N-methyl/N-ethyl adjacent to an activating group) is 1. The Balaban J connectivity index is 1.83. The van der Waals surface area contributed by atoms with Gasteiger partial charge in [0, 0.05) is 36.8 Å². The third kappa shape index (κ3) is 3.40. The number of fused-ring (bicyclic) bond motifs is 1. The highest BCUT2D eigenvalue weighted by atomic mass is 32.2. The average Bonchev–Trinajstić information content (AvgIpc) is 3.08. The molecule has 0 unspecified atom stereocenters. The molecule has 0 spiro atoms. The normalized spacial score (nSPS) is 11.8. The first-order valence-electron chi connectivity index (χ1n) is 8.20. The molecule has 0 radical (unpaired) electrons. The molecule has 2 aromatic carbocycles. The van der Waals surface area contributed by atoms with E-state index in [0.717, 1.165) is 16.5 Å². The van der Waals surface area contributed by atoms with Crippen molar-refractivity contribution >= 4 is 20.9 Å². The summed E-state index contributed by atoms with van der Waals surface area (Å²) in [6.45, 7) is 0.352. The maximum Gasteiger partial charge on any atom is 0.246 e. The number of hydrogen-bond acceptors (Lipinski definition) is 4. The highest BCUT2D eigenvalue weighted by Gasteiger charge is 2.25. The number of ether oxygens (including phenoxy) is 2. The maximum atomic E-state index is 13.0. The van der Waals surface area contributed by atoms with Crippen molar-refractivity contribution < 1.29 is 17.9 Å². The smallest absolute Gasteiger partial charge is 0.246 e. The Morgan fingerprint density at radius 3 is 2.58 bits per heavy atom. The number of nitrogens with zero attached hydrogens (tertiary/aromatic N) is 1. The minimum Gasteiger partial charge on any atom is -0.497 e. The summed E-state index contributed by atoms with van der Waals surface area (Å²) in [5, 5.41) is 1.11. The van der Waals surface area contributed by atoms with Crippen molar-refractivity contribution in [1.82, 2.24) is 9.29 Å². The van der Waals surface area contributed by atoms with Gasteiger partial charge in [0.05, 0.1) is 14.2 Å². The molecule has 1 aromatic heterocycles. The third-order valence-corrected chi connectivity index (χ3v) is 6.31. The van der Waals surface area contributed by atoms with Crippen molar-refractivity contribution in [2.45, 2.75) is 11.3 Å². The van der Waals surface area contributed by atoms with E-state index >= 15 is 0 Å². The summed E-state index contributed by atoms with van der Waals surface area (Å²) in [6.07, 6.45) is 2.53. The molecule has 3 aromatic rings. The molecule has 0 amide bonds. The predicted molar refractivity (Wildman–Crippen MR) is 101 cm³/mol. The van der Waals surface area contributed by atoms with Crippen molar-refractivity contribution in [1.29, 1.82) is 0 Å². The lowest BCUT2D eigenvalue weighted by atomic mass is 10.1. The van der Waals surface area contributed by atoms with Crippen LogP contribution in [0.25, 0.3) is 10.9 Å². The van der Waals surface area contributed by atoms with Gasteiger partial charge in [-0.05, 0) is 30.2 Å². The average molecular weight is 374 g/mol. The van der Waals surface area contributed by atoms with Gasteiger partial charge in [0.25, 0.3) is 0 Å². The van der Waals surface area contributed by atoms with Crippen molar-refractivity contribution in [2.24, 2.45) is 0 Å². The van der Waals surface area contributed by atoms with E-state index in [1.807, 2.05) is 30.5 Å². The van der Waals surface area contributed by atoms with Gasteiger partial charge < -0.3 is 14.5 Å². The summed E-state index contributed by atoms with van der Waals surface area (Å²) in [5.74, 6) is 0.763. The van der Waals surface area contributed by atoms with Crippen LogP contribution in [0.5, 0.6) is 11.5 Å². The van der Waals surface area contributed by atoms with E-state index in [1.54, 1.807) is 19.2 Å². The Labute approximate surface area is 153 Å². The van der Waals surface area contributed by atoms with Gasteiger partial charge in [-0.1, -0.05) is 18.2 Å². The second-order valence-electron chi connectivity index (χ2n) is 5.95. The Morgan fingerprint density at radius 1 is 1.08 bits per heavy atom. The quantitative estimate of drug-likeness (QED) is 0.690. The van der Waals surface area contributed by atoms with Gasteiger partial charge in [0.1, 0.15) is 16.4 Å². The Bertz CT molecular complexity index is 1010. The molecule has 6 nitrogen and oxygen atoms in total. The molecular weight excluding hydrogens is 352 g/mol. The Morgan fingerprint density at radius 2 is 1.85 bits per heavy atom. The number of aromatic amines is 1. The first kappa shape index (κ1) is 18.3. The van der Waals surface area contributed by atoms with Crippen molar-refractivity contribution in [3.8, 4) is 11.5 Å². The summed E-state index contributed by atoms with van der Waals surface area (Å²) in [6, 6.07) is 12.7. The standard InChI is InChI=1S/C19H22N2O4S/c1-21(11-10-14-13-20-17-7-5-4-6-16(14)17)26(22,23)19-12-15(24-2)8-9-18(19)25-3/h4-9,12-13,20H,10-11H2,1-3H3. The second-order valence-corrected chi connectivity index (χ2v) is 7.97. The number of sulfonamides is 1. The van der Waals surface area contributed by atoms with Gasteiger partial charge in [0.15, 0.2) is 0 Å².